The van der Waals surface area contributed by atoms with Crippen molar-refractivity contribution in [2.75, 3.05) is 19.6 Å². The Balaban J connectivity index is 1.16. The highest BCUT2D eigenvalue weighted by Crippen LogP contribution is 2.35. The minimum Gasteiger partial charge on any atom is -0.357 e. The molecule has 3 amide bonds. The van der Waals surface area contributed by atoms with Crippen LogP contribution in [0.5, 0.6) is 0 Å². The fourth-order valence-corrected chi connectivity index (χ4v) is 6.38. The Morgan fingerprint density at radius 3 is 2.69 bits per heavy atom. The first-order chi connectivity index (χ1) is 17.4. The second kappa shape index (κ2) is 8.84. The quantitative estimate of drug-likeness (QED) is 0.595. The number of likely N-dealkylation sites (tertiary alicyclic amines) is 1. The Hall–Kier alpha value is -3.55. The van der Waals surface area contributed by atoms with E-state index in [9.17, 15) is 14.4 Å². The summed E-state index contributed by atoms with van der Waals surface area (Å²) in [5, 5.41) is 4.30. The average molecular weight is 488 g/mol. The second-order valence-corrected chi connectivity index (χ2v) is 10.9. The summed E-state index contributed by atoms with van der Waals surface area (Å²) in [6.45, 7) is 6.94. The summed E-state index contributed by atoms with van der Waals surface area (Å²) in [5.74, 6) is 0.330. The van der Waals surface area contributed by atoms with E-state index in [0.717, 1.165) is 29.7 Å². The van der Waals surface area contributed by atoms with Crippen LogP contribution in [0.2, 0.25) is 0 Å². The number of para-hydroxylation sites is 1. The molecule has 188 valence electrons. The predicted octanol–water partition coefficient (Wildman–Crippen LogP) is 3.07. The van der Waals surface area contributed by atoms with Gasteiger partial charge in [0.25, 0.3) is 5.56 Å². The predicted molar refractivity (Wildman–Crippen MR) is 138 cm³/mol. The molecule has 0 saturated carbocycles. The maximum Gasteiger partial charge on any atom is 0.318 e. The lowest BCUT2D eigenvalue weighted by Crippen LogP contribution is -2.57. The van der Waals surface area contributed by atoms with Crippen LogP contribution < -0.4 is 10.9 Å². The van der Waals surface area contributed by atoms with E-state index in [1.165, 1.54) is 10.9 Å². The molecule has 2 N–H and O–H groups in total. The molecule has 3 atom stereocenters. The van der Waals surface area contributed by atoms with Gasteiger partial charge in [-0.25, -0.2) is 4.79 Å². The molecular formula is C28H33N5O3. The van der Waals surface area contributed by atoms with Crippen LogP contribution in [0, 0.1) is 11.8 Å². The summed E-state index contributed by atoms with van der Waals surface area (Å²) in [6, 6.07) is 12.9. The van der Waals surface area contributed by atoms with Gasteiger partial charge in [0.05, 0.1) is 6.54 Å². The number of nitrogens with one attached hydrogen (secondary N) is 2. The number of amides is 3. The van der Waals surface area contributed by atoms with Crippen LogP contribution in [-0.2, 0) is 24.3 Å². The number of urea groups is 1. The van der Waals surface area contributed by atoms with Gasteiger partial charge in [0.1, 0.15) is 6.04 Å². The van der Waals surface area contributed by atoms with Gasteiger partial charge in [0.15, 0.2) is 0 Å². The van der Waals surface area contributed by atoms with E-state index in [0.29, 0.717) is 32.7 Å². The molecule has 3 aromatic rings. The molecule has 3 aliphatic rings. The molecule has 0 radical (unpaired) electrons. The van der Waals surface area contributed by atoms with E-state index < -0.39 is 6.04 Å². The molecule has 1 aromatic carbocycles. The first-order valence-electron chi connectivity index (χ1n) is 13.0. The molecule has 36 heavy (non-hydrogen) atoms. The summed E-state index contributed by atoms with van der Waals surface area (Å²) in [5.41, 5.74) is 4.52. The fraction of sp³-hybridized carbons (Fsp3) is 0.464. The zero-order valence-electron chi connectivity index (χ0n) is 20.9. The van der Waals surface area contributed by atoms with Crippen molar-refractivity contribution in [3.8, 4) is 0 Å². The first kappa shape index (κ1) is 22.9. The number of aromatic amines is 1. The van der Waals surface area contributed by atoms with Crippen LogP contribution in [0.3, 0.4) is 0 Å². The fourth-order valence-electron chi connectivity index (χ4n) is 6.38. The number of carbonyl (C=O) groups is 2. The minimum atomic E-state index is -0.583. The Kier molecular flexibility index (Phi) is 5.62. The van der Waals surface area contributed by atoms with E-state index in [-0.39, 0.29) is 35.3 Å². The molecule has 0 spiro atoms. The van der Waals surface area contributed by atoms with Gasteiger partial charge in [-0.15, -0.1) is 0 Å². The summed E-state index contributed by atoms with van der Waals surface area (Å²) in [7, 11) is 0. The summed E-state index contributed by atoms with van der Waals surface area (Å²) in [6.07, 6.45) is 1.79. The summed E-state index contributed by atoms with van der Waals surface area (Å²) in [4.78, 5) is 46.5. The Morgan fingerprint density at radius 1 is 1.03 bits per heavy atom. The van der Waals surface area contributed by atoms with Crippen LogP contribution in [-0.4, -0.2) is 57.0 Å². The lowest BCUT2D eigenvalue weighted by atomic mass is 9.83. The van der Waals surface area contributed by atoms with Gasteiger partial charge in [0, 0.05) is 60.5 Å². The number of H-pyrrole nitrogens is 1. The molecule has 2 aromatic heterocycles. The molecule has 0 aliphatic carbocycles. The maximum absolute atomic E-state index is 13.6. The molecular weight excluding hydrogens is 454 g/mol. The van der Waals surface area contributed by atoms with Gasteiger partial charge in [-0.05, 0) is 42.4 Å². The van der Waals surface area contributed by atoms with Gasteiger partial charge in [-0.2, -0.15) is 0 Å². The smallest absolute Gasteiger partial charge is 0.318 e. The normalized spacial score (nSPS) is 21.8. The largest absolute Gasteiger partial charge is 0.357 e. The van der Waals surface area contributed by atoms with Crippen molar-refractivity contribution in [2.24, 2.45) is 11.8 Å². The third-order valence-electron chi connectivity index (χ3n) is 8.17. The van der Waals surface area contributed by atoms with Gasteiger partial charge in [0.2, 0.25) is 5.91 Å². The van der Waals surface area contributed by atoms with Crippen molar-refractivity contribution in [2.45, 2.75) is 51.7 Å². The maximum atomic E-state index is 13.6. The van der Waals surface area contributed by atoms with Crippen molar-refractivity contribution in [1.29, 1.82) is 0 Å². The van der Waals surface area contributed by atoms with Crippen LogP contribution in [0.4, 0.5) is 4.79 Å². The van der Waals surface area contributed by atoms with Crippen molar-refractivity contribution < 1.29 is 9.59 Å². The van der Waals surface area contributed by atoms with Gasteiger partial charge < -0.3 is 24.7 Å². The Morgan fingerprint density at radius 2 is 1.86 bits per heavy atom. The number of fused-ring (bicyclic) bond motifs is 7. The number of nitrogens with zero attached hydrogens (tertiary/aromatic N) is 3. The number of carbonyl (C=O) groups excluding carboxylic acids is 2. The average Bonchev–Trinajstić information content (AvgIpc) is 3.25. The van der Waals surface area contributed by atoms with Crippen molar-refractivity contribution in [1.82, 2.24) is 24.7 Å². The van der Waals surface area contributed by atoms with E-state index in [2.05, 4.69) is 22.4 Å². The molecule has 1 saturated heterocycles. The zero-order valence-corrected chi connectivity index (χ0v) is 20.9. The Bertz CT molecular complexity index is 1390. The van der Waals surface area contributed by atoms with Crippen LogP contribution in [0.25, 0.3) is 10.9 Å². The SMILES string of the molecule is CC(C)C(NC(=O)N1C[C@H]2C[C@@H](C1)c1cccc(=O)n1C2)C(=O)N1CCc2c([nH]c3ccccc23)C1. The summed E-state index contributed by atoms with van der Waals surface area (Å²) >= 11 is 0. The van der Waals surface area contributed by atoms with Gasteiger partial charge >= 0.3 is 6.03 Å². The molecule has 8 heteroatoms. The number of hydrogen-bond donors (Lipinski definition) is 2. The van der Waals surface area contributed by atoms with Gasteiger partial charge in [-0.1, -0.05) is 38.1 Å². The van der Waals surface area contributed by atoms with Gasteiger partial charge in [-0.3, -0.25) is 9.59 Å². The highest BCUT2D eigenvalue weighted by molar-refractivity contribution is 5.89. The number of rotatable bonds is 3. The number of pyridine rings is 1. The number of piperidine rings is 1. The molecule has 3 aliphatic heterocycles. The highest BCUT2D eigenvalue weighted by Gasteiger charge is 2.38. The van der Waals surface area contributed by atoms with E-state index in [1.54, 1.807) is 12.1 Å². The molecule has 5 heterocycles. The van der Waals surface area contributed by atoms with Crippen molar-refractivity contribution in [3.05, 3.63) is 69.8 Å². The third-order valence-corrected chi connectivity index (χ3v) is 8.17. The zero-order chi connectivity index (χ0) is 25.0. The van der Waals surface area contributed by atoms with Crippen molar-refractivity contribution >= 4 is 22.8 Å². The molecule has 1 fully saturated rings. The topological polar surface area (TPSA) is 90.4 Å². The lowest BCUT2D eigenvalue weighted by molar-refractivity contribution is -0.135. The number of hydrogen-bond acceptors (Lipinski definition) is 3. The second-order valence-electron chi connectivity index (χ2n) is 10.9. The standard InChI is InChI=1S/C28H33N5O3/c1-17(2)26(27(35)31-11-10-21-20-6-3-4-7-22(20)29-23(21)16-31)30-28(36)32-13-18-12-19(15-32)24-8-5-9-25(34)33(24)14-18/h3-9,17-19,26,29H,10-16H2,1-2H3,(H,30,36)/t18-,19+,26?/m1/s1. The summed E-state index contributed by atoms with van der Waals surface area (Å²) < 4.78 is 1.86. The monoisotopic (exact) mass is 487 g/mol. The van der Waals surface area contributed by atoms with E-state index >= 15 is 0 Å². The molecule has 1 unspecified atom stereocenters. The van der Waals surface area contributed by atoms with Crippen LogP contribution >= 0.6 is 0 Å². The lowest BCUT2D eigenvalue weighted by Gasteiger charge is -2.43. The van der Waals surface area contributed by atoms with E-state index in [4.69, 9.17) is 0 Å². The highest BCUT2D eigenvalue weighted by atomic mass is 16.2. The number of benzene rings is 1. The van der Waals surface area contributed by atoms with Crippen LogP contribution in [0.15, 0.2) is 47.3 Å². The molecule has 6 rings (SSSR count). The minimum absolute atomic E-state index is 0.0308. The number of aromatic nitrogens is 2. The first-order valence-corrected chi connectivity index (χ1v) is 13.0. The molecule has 2 bridgehead atoms. The van der Waals surface area contributed by atoms with Crippen LogP contribution in [0.1, 0.15) is 43.1 Å². The Labute approximate surface area is 210 Å². The third kappa shape index (κ3) is 3.88. The van der Waals surface area contributed by atoms with E-state index in [1.807, 2.05) is 46.4 Å². The van der Waals surface area contributed by atoms with Crippen molar-refractivity contribution in [3.63, 3.8) is 0 Å². The molecule has 8 nitrogen and oxygen atoms in total.